The summed E-state index contributed by atoms with van der Waals surface area (Å²) in [7, 11) is 0. The molecule has 1 amide bonds. The lowest BCUT2D eigenvalue weighted by atomic mass is 9.66. The van der Waals surface area contributed by atoms with E-state index in [0.29, 0.717) is 19.5 Å². The molecule has 0 atom stereocenters. The largest absolute Gasteiger partial charge is 0.382 e. The third kappa shape index (κ3) is 4.10. The van der Waals surface area contributed by atoms with Crippen molar-refractivity contribution in [1.29, 1.82) is 0 Å². The van der Waals surface area contributed by atoms with Gasteiger partial charge in [-0.05, 0) is 38.1 Å². The molecule has 0 spiro atoms. The minimum atomic E-state index is 0.115. The van der Waals surface area contributed by atoms with E-state index in [9.17, 15) is 4.79 Å². The third-order valence-corrected chi connectivity index (χ3v) is 3.37. The molecular weight excluding hydrogens is 204 g/mol. The molecule has 0 aliphatic heterocycles. The van der Waals surface area contributed by atoms with Crippen molar-refractivity contribution in [3.8, 4) is 0 Å². The lowest BCUT2D eigenvalue weighted by Crippen LogP contribution is -2.42. The number of nitrogens with two attached hydrogens (primary N) is 1. The molecule has 4 nitrogen and oxygen atoms in total. The molecule has 0 aromatic carbocycles. The molecule has 0 bridgehead atoms. The van der Waals surface area contributed by atoms with Crippen LogP contribution in [0, 0.1) is 5.41 Å². The third-order valence-electron chi connectivity index (χ3n) is 3.37. The Morgan fingerprint density at radius 2 is 2.25 bits per heavy atom. The van der Waals surface area contributed by atoms with Gasteiger partial charge in [-0.15, -0.1) is 0 Å². The quantitative estimate of drug-likeness (QED) is 0.610. The van der Waals surface area contributed by atoms with Crippen LogP contribution in [-0.4, -0.2) is 32.2 Å². The van der Waals surface area contributed by atoms with E-state index in [2.05, 4.69) is 5.32 Å². The highest BCUT2D eigenvalue weighted by atomic mass is 16.5. The summed E-state index contributed by atoms with van der Waals surface area (Å²) in [4.78, 5) is 11.6. The second kappa shape index (κ2) is 6.86. The normalized spacial score (nSPS) is 17.9. The van der Waals surface area contributed by atoms with Crippen molar-refractivity contribution in [3.63, 3.8) is 0 Å². The predicted molar refractivity (Wildman–Crippen MR) is 64.1 cm³/mol. The maximum absolute atomic E-state index is 11.6. The Hall–Kier alpha value is -0.610. The first kappa shape index (κ1) is 13.5. The Kier molecular flexibility index (Phi) is 5.77. The van der Waals surface area contributed by atoms with Gasteiger partial charge >= 0.3 is 0 Å². The van der Waals surface area contributed by atoms with E-state index in [1.165, 1.54) is 6.42 Å². The zero-order valence-electron chi connectivity index (χ0n) is 10.3. The van der Waals surface area contributed by atoms with Gasteiger partial charge in [-0.1, -0.05) is 6.42 Å². The number of amides is 1. The van der Waals surface area contributed by atoms with Crippen LogP contribution in [0.25, 0.3) is 0 Å². The lowest BCUT2D eigenvalue weighted by Gasteiger charge is -2.40. The molecule has 0 unspecified atom stereocenters. The number of nitrogens with one attached hydrogen (secondary N) is 1. The van der Waals surface area contributed by atoms with E-state index in [1.807, 2.05) is 6.92 Å². The summed E-state index contributed by atoms with van der Waals surface area (Å²) in [6.45, 7) is 4.78. The zero-order valence-corrected chi connectivity index (χ0v) is 10.3. The Balaban J connectivity index is 2.06. The fraction of sp³-hybridized carbons (Fsp3) is 0.917. The van der Waals surface area contributed by atoms with Crippen molar-refractivity contribution in [2.45, 2.75) is 39.0 Å². The van der Waals surface area contributed by atoms with Gasteiger partial charge in [0.2, 0.25) is 5.91 Å². The molecule has 3 N–H and O–H groups in total. The molecule has 1 rings (SSSR count). The molecule has 1 aliphatic rings. The van der Waals surface area contributed by atoms with Gasteiger partial charge in [0.1, 0.15) is 0 Å². The maximum Gasteiger partial charge on any atom is 0.220 e. The molecule has 0 heterocycles. The van der Waals surface area contributed by atoms with Gasteiger partial charge in [-0.3, -0.25) is 4.79 Å². The molecular formula is C12H24N2O2. The van der Waals surface area contributed by atoms with Crippen LogP contribution in [0.4, 0.5) is 0 Å². The zero-order chi connectivity index (χ0) is 11.9. The molecule has 0 radical (unpaired) electrons. The van der Waals surface area contributed by atoms with Crippen LogP contribution in [0.5, 0.6) is 0 Å². The van der Waals surface area contributed by atoms with E-state index in [0.717, 1.165) is 32.5 Å². The van der Waals surface area contributed by atoms with Crippen LogP contribution in [0.2, 0.25) is 0 Å². The summed E-state index contributed by atoms with van der Waals surface area (Å²) >= 11 is 0. The first-order valence-electron chi connectivity index (χ1n) is 6.27. The summed E-state index contributed by atoms with van der Waals surface area (Å²) < 4.78 is 5.20. The van der Waals surface area contributed by atoms with Gasteiger partial charge in [0, 0.05) is 26.2 Å². The van der Waals surface area contributed by atoms with Gasteiger partial charge < -0.3 is 15.8 Å². The number of ether oxygens (including phenoxy) is 1. The summed E-state index contributed by atoms with van der Waals surface area (Å²) in [5.74, 6) is 0.140. The van der Waals surface area contributed by atoms with Crippen LogP contribution in [0.1, 0.15) is 39.0 Å². The van der Waals surface area contributed by atoms with Crippen molar-refractivity contribution in [2.75, 3.05) is 26.3 Å². The van der Waals surface area contributed by atoms with Crippen LogP contribution in [0.3, 0.4) is 0 Å². The Morgan fingerprint density at radius 3 is 2.75 bits per heavy atom. The van der Waals surface area contributed by atoms with Crippen LogP contribution >= 0.6 is 0 Å². The second-order valence-electron chi connectivity index (χ2n) is 4.63. The molecule has 1 aliphatic carbocycles. The molecule has 4 heteroatoms. The summed E-state index contributed by atoms with van der Waals surface area (Å²) in [5, 5.41) is 2.93. The van der Waals surface area contributed by atoms with Crippen LogP contribution < -0.4 is 11.1 Å². The van der Waals surface area contributed by atoms with E-state index in [4.69, 9.17) is 10.5 Å². The molecule has 16 heavy (non-hydrogen) atoms. The highest BCUT2D eigenvalue weighted by Crippen LogP contribution is 2.42. The average Bonchev–Trinajstić information content (AvgIpc) is 2.23. The van der Waals surface area contributed by atoms with Gasteiger partial charge in [0.15, 0.2) is 0 Å². The number of hydrogen-bond donors (Lipinski definition) is 2. The van der Waals surface area contributed by atoms with E-state index in [-0.39, 0.29) is 11.3 Å². The predicted octanol–water partition coefficient (Wildman–Crippen LogP) is 1.05. The van der Waals surface area contributed by atoms with E-state index < -0.39 is 0 Å². The number of carbonyl (C=O) groups is 1. The lowest BCUT2D eigenvalue weighted by molar-refractivity contribution is -0.124. The van der Waals surface area contributed by atoms with Gasteiger partial charge in [-0.2, -0.15) is 0 Å². The highest BCUT2D eigenvalue weighted by Gasteiger charge is 2.37. The Labute approximate surface area is 97.9 Å². The molecule has 0 aromatic heterocycles. The maximum atomic E-state index is 11.6. The standard InChI is InChI=1S/C12H24N2O2/c1-2-16-8-4-7-14-11(15)9-12(10-13)5-3-6-12/h2-10,13H2,1H3,(H,14,15). The topological polar surface area (TPSA) is 64.3 Å². The molecule has 0 saturated heterocycles. The second-order valence-corrected chi connectivity index (χ2v) is 4.63. The number of hydrogen-bond acceptors (Lipinski definition) is 3. The summed E-state index contributed by atoms with van der Waals surface area (Å²) in [5.41, 5.74) is 5.83. The number of rotatable bonds is 8. The molecule has 94 valence electrons. The highest BCUT2D eigenvalue weighted by molar-refractivity contribution is 5.76. The molecule has 0 aromatic rings. The average molecular weight is 228 g/mol. The van der Waals surface area contributed by atoms with Gasteiger partial charge in [0.05, 0.1) is 0 Å². The van der Waals surface area contributed by atoms with Crippen LogP contribution in [0.15, 0.2) is 0 Å². The summed E-state index contributed by atoms with van der Waals surface area (Å²) in [6.07, 6.45) is 4.91. The SMILES string of the molecule is CCOCCCNC(=O)CC1(CN)CCC1. The first-order valence-corrected chi connectivity index (χ1v) is 6.27. The minimum Gasteiger partial charge on any atom is -0.382 e. The Bertz CT molecular complexity index is 210. The number of carbonyl (C=O) groups excluding carboxylic acids is 1. The Morgan fingerprint density at radius 1 is 1.50 bits per heavy atom. The fourth-order valence-electron chi connectivity index (χ4n) is 2.08. The first-order chi connectivity index (χ1) is 7.72. The van der Waals surface area contributed by atoms with Crippen molar-refractivity contribution in [2.24, 2.45) is 11.1 Å². The van der Waals surface area contributed by atoms with E-state index in [1.54, 1.807) is 0 Å². The van der Waals surface area contributed by atoms with Crippen molar-refractivity contribution in [1.82, 2.24) is 5.32 Å². The van der Waals surface area contributed by atoms with Gasteiger partial charge in [0.25, 0.3) is 0 Å². The van der Waals surface area contributed by atoms with Crippen LogP contribution in [-0.2, 0) is 9.53 Å². The van der Waals surface area contributed by atoms with Crippen molar-refractivity contribution in [3.05, 3.63) is 0 Å². The molecule has 1 fully saturated rings. The fourth-order valence-corrected chi connectivity index (χ4v) is 2.08. The monoisotopic (exact) mass is 228 g/mol. The van der Waals surface area contributed by atoms with Crippen molar-refractivity contribution >= 4 is 5.91 Å². The smallest absolute Gasteiger partial charge is 0.220 e. The molecule has 1 saturated carbocycles. The minimum absolute atomic E-state index is 0.115. The van der Waals surface area contributed by atoms with Gasteiger partial charge in [-0.25, -0.2) is 0 Å². The van der Waals surface area contributed by atoms with E-state index >= 15 is 0 Å². The summed E-state index contributed by atoms with van der Waals surface area (Å²) in [6, 6.07) is 0. The van der Waals surface area contributed by atoms with Crippen molar-refractivity contribution < 1.29 is 9.53 Å².